The molecule has 13 heavy (non-hydrogen) atoms. The van der Waals surface area contributed by atoms with E-state index in [2.05, 4.69) is 4.74 Å². The number of ketones is 1. The number of hydrogen-bond donors (Lipinski definition) is 0. The van der Waals surface area contributed by atoms with E-state index < -0.39 is 11.9 Å². The normalized spacial score (nSPS) is 11.9. The van der Waals surface area contributed by atoms with Crippen LogP contribution in [0.1, 0.15) is 33.6 Å². The molecule has 0 aliphatic carbocycles. The molecule has 1 atom stereocenters. The van der Waals surface area contributed by atoms with Gasteiger partial charge in [-0.2, -0.15) is 0 Å². The average molecular weight is 186 g/mol. The minimum Gasteiger partial charge on any atom is -0.393 e. The predicted octanol–water partition coefficient (Wildman–Crippen LogP) is 1.08. The summed E-state index contributed by atoms with van der Waals surface area (Å²) in [4.78, 5) is 31.9. The van der Waals surface area contributed by atoms with Gasteiger partial charge < -0.3 is 9.53 Å². The third-order valence-electron chi connectivity index (χ3n) is 1.41. The van der Waals surface area contributed by atoms with Gasteiger partial charge in [0.05, 0.1) is 0 Å². The van der Waals surface area contributed by atoms with Gasteiger partial charge in [-0.05, 0) is 12.8 Å². The van der Waals surface area contributed by atoms with E-state index in [0.29, 0.717) is 6.42 Å². The van der Waals surface area contributed by atoms with Gasteiger partial charge in [0.1, 0.15) is 5.78 Å². The topological polar surface area (TPSA) is 60.4 Å². The maximum atomic E-state index is 10.9. The first-order valence-electron chi connectivity index (χ1n) is 4.12. The van der Waals surface area contributed by atoms with Crippen LogP contribution in [0.5, 0.6) is 0 Å². The molecule has 0 aliphatic heterocycles. The molecule has 0 aromatic carbocycles. The molecule has 0 fully saturated rings. The minimum atomic E-state index is -0.611. The quantitative estimate of drug-likeness (QED) is 0.487. The van der Waals surface area contributed by atoms with Crippen LogP contribution in [0.2, 0.25) is 0 Å². The zero-order valence-corrected chi connectivity index (χ0v) is 8.12. The molecule has 0 unspecified atom stereocenters. The van der Waals surface area contributed by atoms with Crippen molar-refractivity contribution in [2.24, 2.45) is 5.92 Å². The molecule has 0 bridgehead atoms. The van der Waals surface area contributed by atoms with Crippen LogP contribution in [0.4, 0.5) is 0 Å². The third-order valence-corrected chi connectivity index (χ3v) is 1.41. The summed E-state index contributed by atoms with van der Waals surface area (Å²) in [6, 6.07) is 0. The minimum absolute atomic E-state index is 0.0307. The Labute approximate surface area is 77.3 Å². The zero-order valence-electron chi connectivity index (χ0n) is 8.12. The number of carbonyl (C=O) groups is 3. The van der Waals surface area contributed by atoms with Crippen LogP contribution < -0.4 is 0 Å². The second-order valence-electron chi connectivity index (χ2n) is 3.18. The molecular formula is C9H14O4. The largest absolute Gasteiger partial charge is 0.393 e. The Hall–Kier alpha value is -1.19. The van der Waals surface area contributed by atoms with Crippen LogP contribution in [0.25, 0.3) is 0 Å². The van der Waals surface area contributed by atoms with Crippen molar-refractivity contribution in [3.63, 3.8) is 0 Å². The van der Waals surface area contributed by atoms with Gasteiger partial charge in [-0.15, -0.1) is 0 Å². The molecule has 0 aliphatic rings. The zero-order chi connectivity index (χ0) is 10.4. The lowest BCUT2D eigenvalue weighted by atomic mass is 10.0. The van der Waals surface area contributed by atoms with E-state index in [1.807, 2.05) is 0 Å². The predicted molar refractivity (Wildman–Crippen MR) is 45.9 cm³/mol. The van der Waals surface area contributed by atoms with E-state index in [0.717, 1.165) is 0 Å². The number of hydrogen-bond acceptors (Lipinski definition) is 4. The van der Waals surface area contributed by atoms with Crippen LogP contribution in [0.3, 0.4) is 0 Å². The van der Waals surface area contributed by atoms with Crippen molar-refractivity contribution in [1.82, 2.24) is 0 Å². The summed E-state index contributed by atoms with van der Waals surface area (Å²) in [5, 5.41) is 0. The smallest absolute Gasteiger partial charge is 0.313 e. The van der Waals surface area contributed by atoms with Gasteiger partial charge >= 0.3 is 11.9 Å². The highest BCUT2D eigenvalue weighted by molar-refractivity contribution is 5.84. The molecule has 0 spiro atoms. The monoisotopic (exact) mass is 186 g/mol. The SMILES string of the molecule is CC(=O)C[C@H](C)CC(=O)OC(C)=O. The van der Waals surface area contributed by atoms with Gasteiger partial charge in [-0.3, -0.25) is 9.59 Å². The fraction of sp³-hybridized carbons (Fsp3) is 0.667. The molecule has 0 radical (unpaired) electrons. The van der Waals surface area contributed by atoms with Crippen LogP contribution in [-0.4, -0.2) is 17.7 Å². The maximum Gasteiger partial charge on any atom is 0.313 e. The molecule has 0 amide bonds. The van der Waals surface area contributed by atoms with E-state index in [-0.39, 0.29) is 18.1 Å². The number of carbonyl (C=O) groups excluding carboxylic acids is 3. The number of rotatable bonds is 4. The standard InChI is InChI=1S/C9H14O4/c1-6(4-7(2)10)5-9(12)13-8(3)11/h6H,4-5H2,1-3H3/t6-/m0/s1. The van der Waals surface area contributed by atoms with Gasteiger partial charge in [0, 0.05) is 19.8 Å². The molecule has 0 saturated heterocycles. The van der Waals surface area contributed by atoms with Crippen LogP contribution in [0, 0.1) is 5.92 Å². The lowest BCUT2D eigenvalue weighted by molar-refractivity contribution is -0.158. The summed E-state index contributed by atoms with van der Waals surface area (Å²) in [5.41, 5.74) is 0. The van der Waals surface area contributed by atoms with E-state index in [9.17, 15) is 14.4 Å². The number of esters is 2. The fourth-order valence-corrected chi connectivity index (χ4v) is 1.05. The van der Waals surface area contributed by atoms with Crippen molar-refractivity contribution in [3.05, 3.63) is 0 Å². The van der Waals surface area contributed by atoms with Gasteiger partial charge in [-0.25, -0.2) is 0 Å². The Morgan fingerprint density at radius 1 is 1.15 bits per heavy atom. The molecule has 4 heteroatoms. The van der Waals surface area contributed by atoms with Crippen LogP contribution in [0.15, 0.2) is 0 Å². The van der Waals surface area contributed by atoms with Gasteiger partial charge in [0.25, 0.3) is 0 Å². The van der Waals surface area contributed by atoms with Gasteiger partial charge in [0.15, 0.2) is 0 Å². The maximum absolute atomic E-state index is 10.9. The molecule has 74 valence electrons. The van der Waals surface area contributed by atoms with Crippen molar-refractivity contribution >= 4 is 17.7 Å². The first kappa shape index (κ1) is 11.8. The molecule has 0 heterocycles. The second-order valence-corrected chi connectivity index (χ2v) is 3.18. The average Bonchev–Trinajstić information content (AvgIpc) is 1.80. The van der Waals surface area contributed by atoms with Crippen molar-refractivity contribution in [1.29, 1.82) is 0 Å². The molecule has 0 aromatic heterocycles. The summed E-state index contributed by atoms with van der Waals surface area (Å²) in [5.74, 6) is -1.21. The Bertz CT molecular complexity index is 220. The summed E-state index contributed by atoms with van der Waals surface area (Å²) < 4.78 is 4.31. The summed E-state index contributed by atoms with van der Waals surface area (Å²) in [7, 11) is 0. The van der Waals surface area contributed by atoms with Crippen molar-refractivity contribution in [3.8, 4) is 0 Å². The second kappa shape index (κ2) is 5.45. The molecule has 0 N–H and O–H groups in total. The summed E-state index contributed by atoms with van der Waals surface area (Å²) >= 11 is 0. The fourth-order valence-electron chi connectivity index (χ4n) is 1.05. The Balaban J connectivity index is 3.78. The highest BCUT2D eigenvalue weighted by atomic mass is 16.6. The highest BCUT2D eigenvalue weighted by Gasteiger charge is 2.13. The first-order valence-corrected chi connectivity index (χ1v) is 4.12. The summed E-state index contributed by atoms with van der Waals surface area (Å²) in [6.45, 7) is 4.41. The van der Waals surface area contributed by atoms with Crippen LogP contribution >= 0.6 is 0 Å². The lowest BCUT2D eigenvalue weighted by Gasteiger charge is -2.06. The van der Waals surface area contributed by atoms with E-state index >= 15 is 0 Å². The lowest BCUT2D eigenvalue weighted by Crippen LogP contribution is -2.14. The Kier molecular flexibility index (Phi) is 4.96. The van der Waals surface area contributed by atoms with Gasteiger partial charge in [-0.1, -0.05) is 6.92 Å². The first-order chi connectivity index (χ1) is 5.91. The van der Waals surface area contributed by atoms with Crippen molar-refractivity contribution < 1.29 is 19.1 Å². The van der Waals surface area contributed by atoms with Crippen molar-refractivity contribution in [2.75, 3.05) is 0 Å². The van der Waals surface area contributed by atoms with Gasteiger partial charge in [0.2, 0.25) is 0 Å². The Morgan fingerprint density at radius 2 is 1.69 bits per heavy atom. The Morgan fingerprint density at radius 3 is 2.08 bits per heavy atom. The molecule has 0 aromatic rings. The van der Waals surface area contributed by atoms with Crippen LogP contribution in [-0.2, 0) is 19.1 Å². The van der Waals surface area contributed by atoms with E-state index in [1.165, 1.54) is 13.8 Å². The van der Waals surface area contributed by atoms with Crippen molar-refractivity contribution in [2.45, 2.75) is 33.6 Å². The molecule has 0 rings (SSSR count). The summed E-state index contributed by atoms with van der Waals surface area (Å²) in [6.07, 6.45) is 0.451. The highest BCUT2D eigenvalue weighted by Crippen LogP contribution is 2.08. The van der Waals surface area contributed by atoms with E-state index in [4.69, 9.17) is 0 Å². The number of Topliss-reactive ketones (excluding diaryl/α,β-unsaturated/α-hetero) is 1. The molecular weight excluding hydrogens is 172 g/mol. The van der Waals surface area contributed by atoms with E-state index in [1.54, 1.807) is 6.92 Å². The number of ether oxygens (including phenoxy) is 1. The molecule has 4 nitrogen and oxygen atoms in total. The third kappa shape index (κ3) is 7.18. The molecule has 0 saturated carbocycles.